The number of aromatic nitrogens is 2. The number of nitrogens with zero attached hydrogens (tertiary/aromatic N) is 2. The van der Waals surface area contributed by atoms with E-state index in [1.807, 2.05) is 6.92 Å². The molecule has 5 rings (SSSR count). The second-order valence-corrected chi connectivity index (χ2v) is 9.64. The van der Waals surface area contributed by atoms with Gasteiger partial charge in [0.1, 0.15) is 10.8 Å². The molecule has 39 heavy (non-hydrogen) atoms. The second-order valence-electron chi connectivity index (χ2n) is 9.24. The van der Waals surface area contributed by atoms with Gasteiger partial charge in [-0.05, 0) is 72.9 Å². The molecule has 0 spiro atoms. The van der Waals surface area contributed by atoms with Gasteiger partial charge in [0, 0.05) is 18.7 Å². The number of hydrogen-bond acceptors (Lipinski definition) is 6. The zero-order valence-corrected chi connectivity index (χ0v) is 22.1. The molecule has 1 aromatic heterocycles. The summed E-state index contributed by atoms with van der Waals surface area (Å²) in [5.74, 6) is -0.467. The molecule has 0 aliphatic heterocycles. The maximum absolute atomic E-state index is 15.2. The molecule has 8 nitrogen and oxygen atoms in total. The number of carbonyl (C=O) groups excluding carboxylic acids is 2. The van der Waals surface area contributed by atoms with Crippen LogP contribution in [-0.4, -0.2) is 34.9 Å². The molecule has 0 unspecified atom stereocenters. The van der Waals surface area contributed by atoms with Gasteiger partial charge in [0.2, 0.25) is 5.95 Å². The van der Waals surface area contributed by atoms with Gasteiger partial charge in [0.15, 0.2) is 5.82 Å². The Hall–Kier alpha value is -4.50. The smallest absolute Gasteiger partial charge is 0.253 e. The van der Waals surface area contributed by atoms with E-state index >= 15 is 4.39 Å². The topological polar surface area (TPSA) is 108 Å². The van der Waals surface area contributed by atoms with Gasteiger partial charge in [0.25, 0.3) is 11.8 Å². The lowest BCUT2D eigenvalue weighted by atomic mass is 9.98. The number of anilines is 4. The molecular weight excluding hydrogens is 519 g/mol. The van der Waals surface area contributed by atoms with Crippen molar-refractivity contribution in [3.8, 4) is 11.1 Å². The molecule has 1 aliphatic rings. The Kier molecular flexibility index (Phi) is 7.42. The Labute approximate surface area is 230 Å². The molecule has 1 aliphatic carbocycles. The monoisotopic (exact) mass is 544 g/mol. The second kappa shape index (κ2) is 11.1. The molecule has 1 fully saturated rings. The van der Waals surface area contributed by atoms with E-state index in [4.69, 9.17) is 11.6 Å². The van der Waals surface area contributed by atoms with Crippen LogP contribution < -0.4 is 21.3 Å². The van der Waals surface area contributed by atoms with Crippen molar-refractivity contribution in [3.05, 3.63) is 94.4 Å². The number of para-hydroxylation sites is 1. The van der Waals surface area contributed by atoms with E-state index in [2.05, 4.69) is 31.2 Å². The molecule has 10 heteroatoms. The maximum atomic E-state index is 15.2. The fraction of sp³-hybridized carbons (Fsp3) is 0.172. The highest BCUT2D eigenvalue weighted by Crippen LogP contribution is 2.31. The van der Waals surface area contributed by atoms with E-state index in [0.717, 1.165) is 24.0 Å². The van der Waals surface area contributed by atoms with Gasteiger partial charge >= 0.3 is 0 Å². The zero-order valence-electron chi connectivity index (χ0n) is 21.3. The van der Waals surface area contributed by atoms with Crippen molar-refractivity contribution in [1.82, 2.24) is 20.6 Å². The Balaban J connectivity index is 1.36. The normalized spacial score (nSPS) is 12.5. The summed E-state index contributed by atoms with van der Waals surface area (Å²) < 4.78 is 15.2. The van der Waals surface area contributed by atoms with Crippen molar-refractivity contribution in [2.75, 3.05) is 17.7 Å². The minimum Gasteiger partial charge on any atom is -0.355 e. The van der Waals surface area contributed by atoms with Crippen LogP contribution >= 0.6 is 11.6 Å². The quantitative estimate of drug-likeness (QED) is 0.217. The van der Waals surface area contributed by atoms with Crippen molar-refractivity contribution < 1.29 is 14.0 Å². The Morgan fingerprint density at radius 3 is 2.44 bits per heavy atom. The van der Waals surface area contributed by atoms with E-state index in [1.54, 1.807) is 61.6 Å². The standard InChI is InChI=1S/C29H26ClFN6O2/c1-16-13-25(23(31)14-21(16)17-7-9-18(10-8-17)27(38)32-2)36-29-33-15-22(30)26(37-29)35-24-6-4-3-5-20(24)28(39)34-19-11-12-19/h3-10,13-15,19H,11-12H2,1-2H3,(H,32,38)(H,34,39)(H2,33,35,36,37). The Bertz CT molecular complexity index is 1560. The molecule has 0 saturated heterocycles. The predicted molar refractivity (Wildman–Crippen MR) is 151 cm³/mol. The van der Waals surface area contributed by atoms with Crippen LogP contribution in [0.3, 0.4) is 0 Å². The third-order valence-electron chi connectivity index (χ3n) is 6.33. The molecule has 198 valence electrons. The average molecular weight is 545 g/mol. The minimum atomic E-state index is -0.499. The highest BCUT2D eigenvalue weighted by Gasteiger charge is 2.25. The third kappa shape index (κ3) is 5.99. The number of benzene rings is 3. The largest absolute Gasteiger partial charge is 0.355 e. The molecule has 2 amide bonds. The van der Waals surface area contributed by atoms with Crippen LogP contribution in [0, 0.1) is 12.7 Å². The first-order valence-electron chi connectivity index (χ1n) is 12.4. The summed E-state index contributed by atoms with van der Waals surface area (Å²) in [6, 6.07) is 17.3. The molecule has 4 N–H and O–H groups in total. The highest BCUT2D eigenvalue weighted by molar-refractivity contribution is 6.33. The third-order valence-corrected chi connectivity index (χ3v) is 6.60. The summed E-state index contributed by atoms with van der Waals surface area (Å²) in [6.45, 7) is 1.87. The molecule has 3 aromatic carbocycles. The lowest BCUT2D eigenvalue weighted by Gasteiger charge is -2.14. The Morgan fingerprint density at radius 1 is 0.974 bits per heavy atom. The van der Waals surface area contributed by atoms with E-state index < -0.39 is 5.82 Å². The molecule has 0 bridgehead atoms. The molecule has 0 radical (unpaired) electrons. The van der Waals surface area contributed by atoms with Crippen molar-refractivity contribution in [2.45, 2.75) is 25.8 Å². The maximum Gasteiger partial charge on any atom is 0.253 e. The first kappa shape index (κ1) is 26.1. The van der Waals surface area contributed by atoms with Crippen molar-refractivity contribution in [1.29, 1.82) is 0 Å². The number of amides is 2. The molecule has 1 saturated carbocycles. The summed E-state index contributed by atoms with van der Waals surface area (Å²) in [4.78, 5) is 33.1. The first-order valence-corrected chi connectivity index (χ1v) is 12.8. The number of halogens is 2. The van der Waals surface area contributed by atoms with Crippen LogP contribution in [0.25, 0.3) is 11.1 Å². The number of hydrogen-bond donors (Lipinski definition) is 4. The summed E-state index contributed by atoms with van der Waals surface area (Å²) in [5.41, 5.74) is 4.01. The van der Waals surface area contributed by atoms with Gasteiger partial charge in [-0.1, -0.05) is 35.9 Å². The summed E-state index contributed by atoms with van der Waals surface area (Å²) >= 11 is 6.35. The van der Waals surface area contributed by atoms with Gasteiger partial charge in [-0.2, -0.15) is 4.98 Å². The minimum absolute atomic E-state index is 0.128. The highest BCUT2D eigenvalue weighted by atomic mass is 35.5. The number of nitrogens with one attached hydrogen (secondary N) is 4. The first-order chi connectivity index (χ1) is 18.8. The van der Waals surface area contributed by atoms with Gasteiger partial charge in [-0.15, -0.1) is 0 Å². The van der Waals surface area contributed by atoms with Crippen LogP contribution in [0.4, 0.5) is 27.5 Å². The fourth-order valence-electron chi connectivity index (χ4n) is 4.08. The van der Waals surface area contributed by atoms with Gasteiger partial charge < -0.3 is 21.3 Å². The van der Waals surface area contributed by atoms with Crippen molar-refractivity contribution >= 4 is 46.6 Å². The van der Waals surface area contributed by atoms with Crippen LogP contribution in [0.1, 0.15) is 39.1 Å². The average Bonchev–Trinajstić information content (AvgIpc) is 3.76. The van der Waals surface area contributed by atoms with E-state index in [9.17, 15) is 9.59 Å². The molecule has 4 aromatic rings. The van der Waals surface area contributed by atoms with Crippen LogP contribution in [0.5, 0.6) is 0 Å². The van der Waals surface area contributed by atoms with Gasteiger partial charge in [-0.25, -0.2) is 9.37 Å². The number of carbonyl (C=O) groups is 2. The molecular formula is C29H26ClFN6O2. The van der Waals surface area contributed by atoms with Crippen molar-refractivity contribution in [2.24, 2.45) is 0 Å². The van der Waals surface area contributed by atoms with Gasteiger partial charge in [0.05, 0.1) is 23.1 Å². The number of rotatable bonds is 8. The number of aryl methyl sites for hydroxylation is 1. The van der Waals surface area contributed by atoms with E-state index in [-0.39, 0.29) is 40.3 Å². The van der Waals surface area contributed by atoms with Crippen LogP contribution in [0.2, 0.25) is 5.02 Å². The molecule has 0 atom stereocenters. The fourth-order valence-corrected chi connectivity index (χ4v) is 4.22. The summed E-state index contributed by atoms with van der Waals surface area (Å²) in [5, 5.41) is 11.8. The van der Waals surface area contributed by atoms with Crippen LogP contribution in [0.15, 0.2) is 66.9 Å². The van der Waals surface area contributed by atoms with Gasteiger partial charge in [-0.3, -0.25) is 9.59 Å². The van der Waals surface area contributed by atoms with Crippen molar-refractivity contribution in [3.63, 3.8) is 0 Å². The lowest BCUT2D eigenvalue weighted by molar-refractivity contribution is 0.0947. The SMILES string of the molecule is CNC(=O)c1ccc(-c2cc(F)c(Nc3ncc(Cl)c(Nc4ccccc4C(=O)NC4CC4)n3)cc2C)cc1. The summed E-state index contributed by atoms with van der Waals surface area (Å²) in [7, 11) is 1.57. The van der Waals surface area contributed by atoms with E-state index in [0.29, 0.717) is 22.4 Å². The lowest BCUT2D eigenvalue weighted by Crippen LogP contribution is -2.26. The zero-order chi connectivity index (χ0) is 27.5. The predicted octanol–water partition coefficient (Wildman–Crippen LogP) is 5.98. The van der Waals surface area contributed by atoms with Crippen LogP contribution in [-0.2, 0) is 0 Å². The summed E-state index contributed by atoms with van der Waals surface area (Å²) in [6.07, 6.45) is 3.36. The molecule has 1 heterocycles. The Morgan fingerprint density at radius 2 is 1.72 bits per heavy atom. The van der Waals surface area contributed by atoms with E-state index in [1.165, 1.54) is 12.3 Å².